The minimum Gasteiger partial charge on any atom is -0.480 e. The number of nitrogens with zero attached hydrogens (tertiary/aromatic N) is 2. The number of ether oxygens (including phenoxy) is 2. The highest BCUT2D eigenvalue weighted by atomic mass is 35.5. The third-order valence-corrected chi connectivity index (χ3v) is 5.93. The molecule has 27 heavy (non-hydrogen) atoms. The summed E-state index contributed by atoms with van der Waals surface area (Å²) in [6.07, 6.45) is 0.925. The maximum absolute atomic E-state index is 14.4. The van der Waals surface area contributed by atoms with Gasteiger partial charge >= 0.3 is 0 Å². The molecule has 5 nitrogen and oxygen atoms in total. The van der Waals surface area contributed by atoms with E-state index in [9.17, 15) is 13.6 Å². The summed E-state index contributed by atoms with van der Waals surface area (Å²) in [5, 5.41) is 0.973. The van der Waals surface area contributed by atoms with E-state index in [1.54, 1.807) is 13.1 Å². The van der Waals surface area contributed by atoms with Gasteiger partial charge in [-0.1, -0.05) is 22.9 Å². The Bertz CT molecular complexity index is 1010. The summed E-state index contributed by atoms with van der Waals surface area (Å²) in [5.74, 6) is -2.92. The molecule has 0 spiro atoms. The molecule has 0 aliphatic carbocycles. The van der Waals surface area contributed by atoms with E-state index in [4.69, 9.17) is 21.1 Å². The van der Waals surface area contributed by atoms with E-state index in [0.29, 0.717) is 20.2 Å². The predicted octanol–water partition coefficient (Wildman–Crippen LogP) is 5.55. The summed E-state index contributed by atoms with van der Waals surface area (Å²) in [6, 6.07) is 2.13. The van der Waals surface area contributed by atoms with Crippen LogP contribution >= 0.6 is 34.3 Å². The molecule has 142 valence electrons. The van der Waals surface area contributed by atoms with Crippen LogP contribution in [-0.4, -0.2) is 22.9 Å². The molecule has 0 fully saturated rings. The molecule has 3 aromatic rings. The van der Waals surface area contributed by atoms with Crippen LogP contribution in [0, 0.1) is 11.6 Å². The third kappa shape index (κ3) is 3.95. The van der Waals surface area contributed by atoms with Crippen LogP contribution in [0.25, 0.3) is 10.6 Å². The van der Waals surface area contributed by atoms with Crippen molar-refractivity contribution in [1.82, 2.24) is 9.97 Å². The number of methoxy groups -OCH3 is 1. The van der Waals surface area contributed by atoms with Crippen LogP contribution < -0.4 is 9.47 Å². The molecule has 1 aromatic carbocycles. The smallest absolute Gasteiger partial charge is 0.273 e. The highest BCUT2D eigenvalue weighted by molar-refractivity contribution is 7.19. The molecule has 10 heteroatoms. The number of Topliss-reactive ketones (excluding diaryl/α,β-unsaturated/α-hetero) is 1. The van der Waals surface area contributed by atoms with Gasteiger partial charge in [-0.25, -0.2) is 18.7 Å². The van der Waals surface area contributed by atoms with Crippen LogP contribution in [0.2, 0.25) is 4.34 Å². The van der Waals surface area contributed by atoms with Crippen LogP contribution in [0.3, 0.4) is 0 Å². The Hall–Kier alpha value is -2.10. The first-order valence-electron chi connectivity index (χ1n) is 7.63. The summed E-state index contributed by atoms with van der Waals surface area (Å²) in [4.78, 5) is 20.7. The van der Waals surface area contributed by atoms with Gasteiger partial charge in [0.15, 0.2) is 17.3 Å². The van der Waals surface area contributed by atoms with Gasteiger partial charge in [0.25, 0.3) is 5.19 Å². The molecule has 3 rings (SSSR count). The number of aromatic nitrogens is 2. The first-order valence-corrected chi connectivity index (χ1v) is 9.65. The Morgan fingerprint density at radius 2 is 2.04 bits per heavy atom. The molecular formula is C17H13ClF2N2O3S2. The fraction of sp³-hybridized carbons (Fsp3) is 0.235. The van der Waals surface area contributed by atoms with Crippen LogP contribution in [-0.2, 0) is 0 Å². The molecule has 0 radical (unpaired) electrons. The van der Waals surface area contributed by atoms with Gasteiger partial charge in [-0.2, -0.15) is 0 Å². The molecule has 2 heterocycles. The maximum Gasteiger partial charge on any atom is 0.273 e. The summed E-state index contributed by atoms with van der Waals surface area (Å²) < 4.78 is 39.1. The monoisotopic (exact) mass is 430 g/mol. The van der Waals surface area contributed by atoms with Gasteiger partial charge in [0.2, 0.25) is 0 Å². The Labute approximate surface area is 166 Å². The van der Waals surface area contributed by atoms with Crippen molar-refractivity contribution in [2.24, 2.45) is 0 Å². The lowest BCUT2D eigenvalue weighted by Gasteiger charge is -2.14. The van der Waals surface area contributed by atoms with Gasteiger partial charge in [0, 0.05) is 0 Å². The first-order chi connectivity index (χ1) is 12.8. The number of carbonyl (C=O) groups is 1. The van der Waals surface area contributed by atoms with Crippen molar-refractivity contribution in [2.75, 3.05) is 7.11 Å². The highest BCUT2D eigenvalue weighted by Gasteiger charge is 2.23. The molecule has 1 atom stereocenters. The lowest BCUT2D eigenvalue weighted by molar-refractivity contribution is 0.100. The average Bonchev–Trinajstić information content (AvgIpc) is 3.23. The Morgan fingerprint density at radius 1 is 1.30 bits per heavy atom. The number of halogens is 3. The van der Waals surface area contributed by atoms with Gasteiger partial charge in [0.1, 0.15) is 27.0 Å². The number of rotatable bonds is 6. The van der Waals surface area contributed by atoms with E-state index in [2.05, 4.69) is 9.97 Å². The van der Waals surface area contributed by atoms with Crippen molar-refractivity contribution in [3.05, 3.63) is 44.9 Å². The van der Waals surface area contributed by atoms with Gasteiger partial charge in [-0.15, -0.1) is 11.3 Å². The van der Waals surface area contributed by atoms with E-state index in [1.807, 2.05) is 0 Å². The van der Waals surface area contributed by atoms with Crippen LogP contribution in [0.1, 0.15) is 35.3 Å². The van der Waals surface area contributed by atoms with Crippen molar-refractivity contribution >= 4 is 40.1 Å². The zero-order valence-electron chi connectivity index (χ0n) is 14.4. The summed E-state index contributed by atoms with van der Waals surface area (Å²) in [6.45, 7) is 2.74. The summed E-state index contributed by atoms with van der Waals surface area (Å²) in [5.41, 5.74) is -0.105. The number of hydrogen-bond acceptors (Lipinski definition) is 7. The number of carbonyl (C=O) groups excluding carboxylic acids is 1. The SMILES string of the molecule is COc1ncc(-c2nc(C(C)Oc3ccc(F)c(C(C)=O)c3F)sc2Cl)s1. The van der Waals surface area contributed by atoms with E-state index in [1.165, 1.54) is 29.8 Å². The second-order valence-electron chi connectivity index (χ2n) is 5.42. The highest BCUT2D eigenvalue weighted by Crippen LogP contribution is 2.40. The third-order valence-electron chi connectivity index (χ3n) is 3.55. The molecule has 1 unspecified atom stereocenters. The average molecular weight is 431 g/mol. The topological polar surface area (TPSA) is 61.3 Å². The molecule has 0 amide bonds. The second-order valence-corrected chi connectivity index (χ2v) is 8.05. The van der Waals surface area contributed by atoms with Gasteiger partial charge in [0.05, 0.1) is 23.7 Å². The van der Waals surface area contributed by atoms with Crippen molar-refractivity contribution in [2.45, 2.75) is 20.0 Å². The van der Waals surface area contributed by atoms with Gasteiger partial charge in [-0.05, 0) is 26.0 Å². The molecule has 0 saturated heterocycles. The summed E-state index contributed by atoms with van der Waals surface area (Å²) >= 11 is 8.73. The molecule has 0 aliphatic heterocycles. The molecule has 2 aromatic heterocycles. The molecule has 0 saturated carbocycles. The quantitative estimate of drug-likeness (QED) is 0.480. The molecule has 0 N–H and O–H groups in total. The number of thiazole rings is 2. The zero-order valence-corrected chi connectivity index (χ0v) is 16.8. The maximum atomic E-state index is 14.4. The van der Waals surface area contributed by atoms with E-state index in [-0.39, 0.29) is 5.75 Å². The Morgan fingerprint density at radius 3 is 2.67 bits per heavy atom. The lowest BCUT2D eigenvalue weighted by Crippen LogP contribution is -2.08. The Kier molecular flexibility index (Phi) is 5.73. The predicted molar refractivity (Wildman–Crippen MR) is 100 cm³/mol. The minimum absolute atomic E-state index is 0.235. The molecule has 0 aliphatic rings. The fourth-order valence-corrected chi connectivity index (χ4v) is 4.31. The summed E-state index contributed by atoms with van der Waals surface area (Å²) in [7, 11) is 1.51. The minimum atomic E-state index is -1.04. The second kappa shape index (κ2) is 7.87. The van der Waals surface area contributed by atoms with Crippen LogP contribution in [0.5, 0.6) is 10.9 Å². The number of ketones is 1. The lowest BCUT2D eigenvalue weighted by atomic mass is 10.1. The number of benzene rings is 1. The van der Waals surface area contributed by atoms with Crippen molar-refractivity contribution in [1.29, 1.82) is 0 Å². The van der Waals surface area contributed by atoms with Gasteiger partial charge in [-0.3, -0.25) is 4.79 Å². The molecule has 0 bridgehead atoms. The molecular weight excluding hydrogens is 418 g/mol. The largest absolute Gasteiger partial charge is 0.480 e. The Balaban J connectivity index is 1.87. The van der Waals surface area contributed by atoms with E-state index in [0.717, 1.165) is 23.9 Å². The van der Waals surface area contributed by atoms with E-state index < -0.39 is 29.1 Å². The van der Waals surface area contributed by atoms with Crippen LogP contribution in [0.4, 0.5) is 8.78 Å². The van der Waals surface area contributed by atoms with Gasteiger partial charge < -0.3 is 9.47 Å². The van der Waals surface area contributed by atoms with Crippen LogP contribution in [0.15, 0.2) is 18.3 Å². The standard InChI is InChI=1S/C17H13ClF2N2O3S2/c1-7(23)12-9(19)4-5-10(13(12)20)25-8(2)16-22-14(15(18)27-16)11-6-21-17(24-3)26-11/h4-6,8H,1-3H3. The zero-order chi connectivity index (χ0) is 19.7. The van der Waals surface area contributed by atoms with E-state index >= 15 is 0 Å². The van der Waals surface area contributed by atoms with Crippen molar-refractivity contribution in [3.8, 4) is 21.5 Å². The van der Waals surface area contributed by atoms with Crippen molar-refractivity contribution in [3.63, 3.8) is 0 Å². The fourth-order valence-electron chi connectivity index (χ4n) is 2.29. The normalized spacial score (nSPS) is 12.1. The first kappa shape index (κ1) is 19.7. The van der Waals surface area contributed by atoms with Crippen molar-refractivity contribution < 1.29 is 23.0 Å². The number of hydrogen-bond donors (Lipinski definition) is 0.